The highest BCUT2D eigenvalue weighted by Crippen LogP contribution is 2.22. The second-order valence-electron chi connectivity index (χ2n) is 5.83. The molecule has 0 spiro atoms. The number of primary amides is 1. The van der Waals surface area contributed by atoms with Gasteiger partial charge in [0.25, 0.3) is 5.91 Å². The van der Waals surface area contributed by atoms with Gasteiger partial charge in [-0.15, -0.1) is 0 Å². The van der Waals surface area contributed by atoms with Gasteiger partial charge in [0.2, 0.25) is 11.9 Å². The predicted molar refractivity (Wildman–Crippen MR) is 77.8 cm³/mol. The van der Waals surface area contributed by atoms with E-state index >= 15 is 0 Å². The van der Waals surface area contributed by atoms with Crippen molar-refractivity contribution in [3.63, 3.8) is 0 Å². The molecule has 0 aliphatic carbocycles. The molecule has 2 aliphatic rings. The maximum Gasteiger partial charge on any atom is 0.274 e. The maximum atomic E-state index is 12.5. The first-order valence-electron chi connectivity index (χ1n) is 7.52. The van der Waals surface area contributed by atoms with E-state index in [2.05, 4.69) is 10.3 Å². The van der Waals surface area contributed by atoms with Gasteiger partial charge in [0.15, 0.2) is 0 Å². The van der Waals surface area contributed by atoms with Gasteiger partial charge in [-0.3, -0.25) is 9.59 Å². The smallest absolute Gasteiger partial charge is 0.274 e. The topological polar surface area (TPSA) is 93.3 Å². The molecule has 1 aromatic heterocycles. The number of nitrogens with zero attached hydrogens (tertiary/aromatic N) is 3. The normalized spacial score (nSPS) is 19.0. The predicted octanol–water partition coefficient (Wildman–Crippen LogP) is 0.426. The Bertz CT molecular complexity index is 522. The third-order valence-electron chi connectivity index (χ3n) is 4.25. The molecular weight excluding hydrogens is 270 g/mol. The fraction of sp³-hybridized carbons (Fsp3) is 0.643. The molecule has 7 nitrogen and oxygen atoms in total. The Hall–Kier alpha value is -2.05. The fourth-order valence-electron chi connectivity index (χ4n) is 3.07. The van der Waals surface area contributed by atoms with Crippen LogP contribution in [0.25, 0.3) is 0 Å². The van der Waals surface area contributed by atoms with Crippen molar-refractivity contribution in [2.75, 3.05) is 25.0 Å². The minimum absolute atomic E-state index is 0.0174. The van der Waals surface area contributed by atoms with Crippen molar-refractivity contribution in [2.45, 2.75) is 32.2 Å². The van der Waals surface area contributed by atoms with Crippen LogP contribution < -0.4 is 11.1 Å². The van der Waals surface area contributed by atoms with Crippen LogP contribution in [0.15, 0.2) is 6.20 Å². The third-order valence-corrected chi connectivity index (χ3v) is 4.25. The number of carbonyl (C=O) groups is 2. The highest BCUT2D eigenvalue weighted by atomic mass is 16.2. The summed E-state index contributed by atoms with van der Waals surface area (Å²) in [5, 5.41) is 3.20. The second kappa shape index (κ2) is 5.75. The standard InChI is InChI=1S/C14H21N5O2/c15-12(20)8-10-2-6-18(7-3-10)13(21)11-9-19-5-1-4-16-14(19)17-11/h9-10H,1-8H2,(H2,15,20)(H,16,17). The van der Waals surface area contributed by atoms with Crippen LogP contribution in [0, 0.1) is 5.92 Å². The fourth-order valence-corrected chi connectivity index (χ4v) is 3.07. The van der Waals surface area contributed by atoms with Gasteiger partial charge >= 0.3 is 0 Å². The molecule has 0 saturated carbocycles. The van der Waals surface area contributed by atoms with Crippen molar-refractivity contribution in [1.82, 2.24) is 14.5 Å². The number of hydrogen-bond acceptors (Lipinski definition) is 4. The summed E-state index contributed by atoms with van der Waals surface area (Å²) in [5.74, 6) is 0.820. The van der Waals surface area contributed by atoms with E-state index in [1.54, 1.807) is 0 Å². The zero-order valence-electron chi connectivity index (χ0n) is 12.0. The lowest BCUT2D eigenvalue weighted by atomic mass is 9.93. The van der Waals surface area contributed by atoms with E-state index in [9.17, 15) is 9.59 Å². The average Bonchev–Trinajstić information content (AvgIpc) is 2.90. The van der Waals surface area contributed by atoms with Crippen LogP contribution in [-0.2, 0) is 11.3 Å². The zero-order valence-corrected chi connectivity index (χ0v) is 12.0. The number of imidazole rings is 1. The van der Waals surface area contributed by atoms with E-state index in [1.165, 1.54) is 0 Å². The summed E-state index contributed by atoms with van der Waals surface area (Å²) < 4.78 is 2.00. The molecule has 1 saturated heterocycles. The van der Waals surface area contributed by atoms with Gasteiger partial charge < -0.3 is 20.5 Å². The van der Waals surface area contributed by atoms with Gasteiger partial charge in [0.1, 0.15) is 5.69 Å². The SMILES string of the molecule is NC(=O)CC1CCN(C(=O)c2cn3c(n2)NCCC3)CC1. The van der Waals surface area contributed by atoms with Crippen LogP contribution in [0.4, 0.5) is 5.95 Å². The molecule has 114 valence electrons. The van der Waals surface area contributed by atoms with Gasteiger partial charge in [-0.2, -0.15) is 0 Å². The summed E-state index contributed by atoms with van der Waals surface area (Å²) in [6.07, 6.45) is 4.97. The molecule has 7 heteroatoms. The number of fused-ring (bicyclic) bond motifs is 1. The van der Waals surface area contributed by atoms with E-state index in [0.717, 1.165) is 38.3 Å². The lowest BCUT2D eigenvalue weighted by Gasteiger charge is -2.31. The number of nitrogens with one attached hydrogen (secondary N) is 1. The Morgan fingerprint density at radius 1 is 1.33 bits per heavy atom. The number of piperidine rings is 1. The summed E-state index contributed by atoms with van der Waals surface area (Å²) >= 11 is 0. The zero-order chi connectivity index (χ0) is 14.8. The molecule has 0 unspecified atom stereocenters. The molecule has 1 fully saturated rings. The van der Waals surface area contributed by atoms with E-state index in [4.69, 9.17) is 5.73 Å². The van der Waals surface area contributed by atoms with Crippen molar-refractivity contribution >= 4 is 17.8 Å². The minimum Gasteiger partial charge on any atom is -0.370 e. The summed E-state index contributed by atoms with van der Waals surface area (Å²) in [7, 11) is 0. The van der Waals surface area contributed by atoms with Crippen molar-refractivity contribution in [1.29, 1.82) is 0 Å². The van der Waals surface area contributed by atoms with E-state index in [1.807, 2.05) is 15.7 Å². The van der Waals surface area contributed by atoms with Crippen molar-refractivity contribution in [3.8, 4) is 0 Å². The Morgan fingerprint density at radius 2 is 2.10 bits per heavy atom. The number of rotatable bonds is 3. The van der Waals surface area contributed by atoms with E-state index < -0.39 is 0 Å². The number of carbonyl (C=O) groups excluding carboxylic acids is 2. The lowest BCUT2D eigenvalue weighted by molar-refractivity contribution is -0.119. The number of amides is 2. The van der Waals surface area contributed by atoms with Gasteiger partial charge in [0.05, 0.1) is 0 Å². The van der Waals surface area contributed by atoms with Crippen LogP contribution in [0.3, 0.4) is 0 Å². The monoisotopic (exact) mass is 291 g/mol. The van der Waals surface area contributed by atoms with E-state index in [0.29, 0.717) is 31.1 Å². The first-order valence-corrected chi connectivity index (χ1v) is 7.52. The molecule has 2 aliphatic heterocycles. The first kappa shape index (κ1) is 13.9. The van der Waals surface area contributed by atoms with Crippen LogP contribution in [0.2, 0.25) is 0 Å². The molecule has 3 rings (SSSR count). The Kier molecular flexibility index (Phi) is 3.81. The number of aryl methyl sites for hydroxylation is 1. The number of anilines is 1. The minimum atomic E-state index is -0.257. The molecule has 3 N–H and O–H groups in total. The van der Waals surface area contributed by atoms with Gasteiger partial charge in [-0.05, 0) is 25.2 Å². The molecule has 0 atom stereocenters. The van der Waals surface area contributed by atoms with Crippen LogP contribution >= 0.6 is 0 Å². The summed E-state index contributed by atoms with van der Waals surface area (Å²) in [4.78, 5) is 29.6. The van der Waals surface area contributed by atoms with Crippen molar-refractivity contribution < 1.29 is 9.59 Å². The number of likely N-dealkylation sites (tertiary alicyclic amines) is 1. The van der Waals surface area contributed by atoms with Crippen LogP contribution in [-0.4, -0.2) is 45.9 Å². The van der Waals surface area contributed by atoms with Gasteiger partial charge in [-0.25, -0.2) is 4.98 Å². The Balaban J connectivity index is 1.61. The molecule has 1 aromatic rings. The molecule has 3 heterocycles. The molecule has 0 bridgehead atoms. The quantitative estimate of drug-likeness (QED) is 0.844. The number of nitrogens with two attached hydrogens (primary N) is 1. The van der Waals surface area contributed by atoms with Crippen molar-refractivity contribution in [2.24, 2.45) is 11.7 Å². The molecule has 21 heavy (non-hydrogen) atoms. The van der Waals surface area contributed by atoms with Gasteiger partial charge in [-0.1, -0.05) is 0 Å². The Morgan fingerprint density at radius 3 is 2.76 bits per heavy atom. The van der Waals surface area contributed by atoms with E-state index in [-0.39, 0.29) is 11.8 Å². The van der Waals surface area contributed by atoms with Crippen LogP contribution in [0.1, 0.15) is 36.2 Å². The summed E-state index contributed by atoms with van der Waals surface area (Å²) in [6.45, 7) is 3.16. The van der Waals surface area contributed by atoms with Crippen molar-refractivity contribution in [3.05, 3.63) is 11.9 Å². The summed E-state index contributed by atoms with van der Waals surface area (Å²) in [5.41, 5.74) is 5.73. The molecular formula is C14H21N5O2. The highest BCUT2D eigenvalue weighted by molar-refractivity contribution is 5.92. The molecule has 0 aromatic carbocycles. The average molecular weight is 291 g/mol. The number of aromatic nitrogens is 2. The Labute approximate surface area is 123 Å². The first-order chi connectivity index (χ1) is 10.1. The lowest BCUT2D eigenvalue weighted by Crippen LogP contribution is -2.39. The molecule has 0 radical (unpaired) electrons. The molecule has 2 amide bonds. The second-order valence-corrected chi connectivity index (χ2v) is 5.83. The maximum absolute atomic E-state index is 12.5. The highest BCUT2D eigenvalue weighted by Gasteiger charge is 2.26. The number of hydrogen-bond donors (Lipinski definition) is 2. The van der Waals surface area contributed by atoms with Gasteiger partial charge in [0, 0.05) is 38.8 Å². The van der Waals surface area contributed by atoms with Crippen LogP contribution in [0.5, 0.6) is 0 Å². The largest absolute Gasteiger partial charge is 0.370 e. The third kappa shape index (κ3) is 3.01. The summed E-state index contributed by atoms with van der Waals surface area (Å²) in [6, 6.07) is 0.